The second kappa shape index (κ2) is 7.28. The molecule has 2 saturated heterocycles. The average molecular weight is 377 g/mol. The molecular formula is C22H23N3O3. The molecule has 28 heavy (non-hydrogen) atoms. The number of ether oxygens (including phenoxy) is 2. The summed E-state index contributed by atoms with van der Waals surface area (Å²) in [4.78, 5) is 22.0. The fourth-order valence-corrected chi connectivity index (χ4v) is 4.16. The number of para-hydroxylation sites is 3. The molecule has 2 aromatic carbocycles. The average Bonchev–Trinajstić information content (AvgIpc) is 2.91. The monoisotopic (exact) mass is 377 g/mol. The molecule has 0 aliphatic carbocycles. The van der Waals surface area contributed by atoms with Crippen molar-refractivity contribution in [1.29, 1.82) is 0 Å². The summed E-state index contributed by atoms with van der Waals surface area (Å²) >= 11 is 0. The lowest BCUT2D eigenvalue weighted by Crippen LogP contribution is -2.56. The van der Waals surface area contributed by atoms with Gasteiger partial charge in [0.25, 0.3) is 0 Å². The second-order valence-electron chi connectivity index (χ2n) is 7.35. The van der Waals surface area contributed by atoms with Crippen LogP contribution < -0.4 is 4.74 Å². The standard InChI is InChI=1S/C22H23N3O3/c26-21-15-24(11-12-25(21)16-9-13-27-14-10-16)22-17-5-1-3-7-19(17)28-20-8-4-2-6-18(20)23-22/h1-8,16H,9-15H2. The number of amides is 1. The number of hydrogen-bond donors (Lipinski definition) is 0. The summed E-state index contributed by atoms with van der Waals surface area (Å²) in [6, 6.07) is 16.0. The number of amidine groups is 1. The number of carbonyl (C=O) groups excluding carboxylic acids is 1. The molecule has 3 aliphatic heterocycles. The highest BCUT2D eigenvalue weighted by molar-refractivity contribution is 6.05. The molecule has 0 spiro atoms. The predicted octanol–water partition coefficient (Wildman–Crippen LogP) is 3.19. The molecule has 0 bridgehead atoms. The van der Waals surface area contributed by atoms with Crippen molar-refractivity contribution < 1.29 is 14.3 Å². The maximum Gasteiger partial charge on any atom is 0.242 e. The molecule has 144 valence electrons. The van der Waals surface area contributed by atoms with Gasteiger partial charge in [-0.2, -0.15) is 0 Å². The minimum absolute atomic E-state index is 0.164. The lowest BCUT2D eigenvalue weighted by molar-refractivity contribution is -0.139. The molecule has 2 fully saturated rings. The van der Waals surface area contributed by atoms with Gasteiger partial charge in [0.15, 0.2) is 5.75 Å². The van der Waals surface area contributed by atoms with Gasteiger partial charge < -0.3 is 19.3 Å². The van der Waals surface area contributed by atoms with E-state index in [1.54, 1.807) is 0 Å². The van der Waals surface area contributed by atoms with E-state index in [0.717, 1.165) is 61.2 Å². The topological polar surface area (TPSA) is 54.4 Å². The van der Waals surface area contributed by atoms with E-state index in [4.69, 9.17) is 14.5 Å². The Morgan fingerprint density at radius 2 is 1.68 bits per heavy atom. The summed E-state index contributed by atoms with van der Waals surface area (Å²) in [5, 5.41) is 0. The third-order valence-corrected chi connectivity index (χ3v) is 5.63. The van der Waals surface area contributed by atoms with Gasteiger partial charge in [-0.25, -0.2) is 4.99 Å². The van der Waals surface area contributed by atoms with Crippen LogP contribution in [-0.4, -0.2) is 60.4 Å². The Balaban J connectivity index is 1.45. The number of benzene rings is 2. The van der Waals surface area contributed by atoms with Gasteiger partial charge in [0.1, 0.15) is 17.3 Å². The van der Waals surface area contributed by atoms with Crippen molar-refractivity contribution >= 4 is 17.4 Å². The third-order valence-electron chi connectivity index (χ3n) is 5.63. The van der Waals surface area contributed by atoms with Crippen LogP contribution in [0.3, 0.4) is 0 Å². The van der Waals surface area contributed by atoms with E-state index in [9.17, 15) is 4.79 Å². The summed E-state index contributed by atoms with van der Waals surface area (Å²) < 4.78 is 11.6. The third kappa shape index (κ3) is 3.14. The zero-order valence-electron chi connectivity index (χ0n) is 15.7. The first-order valence-corrected chi connectivity index (χ1v) is 9.87. The van der Waals surface area contributed by atoms with Gasteiger partial charge in [-0.3, -0.25) is 4.79 Å². The number of nitrogens with zero attached hydrogens (tertiary/aromatic N) is 3. The van der Waals surface area contributed by atoms with E-state index in [0.29, 0.717) is 19.1 Å². The minimum atomic E-state index is 0.164. The van der Waals surface area contributed by atoms with Crippen molar-refractivity contribution in [3.05, 3.63) is 54.1 Å². The lowest BCUT2D eigenvalue weighted by atomic mass is 10.1. The van der Waals surface area contributed by atoms with E-state index in [1.165, 1.54) is 0 Å². The first kappa shape index (κ1) is 17.3. The van der Waals surface area contributed by atoms with E-state index >= 15 is 0 Å². The molecule has 2 aromatic rings. The molecule has 3 heterocycles. The second-order valence-corrected chi connectivity index (χ2v) is 7.35. The zero-order valence-corrected chi connectivity index (χ0v) is 15.7. The number of aliphatic imine (C=N–C) groups is 1. The number of piperazine rings is 1. The van der Waals surface area contributed by atoms with Gasteiger partial charge in [0.05, 0.1) is 12.1 Å². The quantitative estimate of drug-likeness (QED) is 0.766. The SMILES string of the molecule is O=C1CN(C2=Nc3ccccc3Oc3ccccc32)CCN1C1CCOCC1. The Hall–Kier alpha value is -2.86. The van der Waals surface area contributed by atoms with Crippen molar-refractivity contribution in [3.8, 4) is 11.5 Å². The van der Waals surface area contributed by atoms with Crippen LogP contribution in [0, 0.1) is 0 Å². The molecule has 6 nitrogen and oxygen atoms in total. The van der Waals surface area contributed by atoms with Crippen LogP contribution in [0.15, 0.2) is 53.5 Å². The fourth-order valence-electron chi connectivity index (χ4n) is 4.16. The Bertz CT molecular complexity index is 921. The maximum atomic E-state index is 12.9. The minimum Gasteiger partial charge on any atom is -0.454 e. The van der Waals surface area contributed by atoms with Gasteiger partial charge in [-0.15, -0.1) is 0 Å². The molecule has 0 atom stereocenters. The number of carbonyl (C=O) groups is 1. The van der Waals surface area contributed by atoms with Crippen LogP contribution >= 0.6 is 0 Å². The van der Waals surface area contributed by atoms with E-state index in [1.807, 2.05) is 53.4 Å². The Kier molecular flexibility index (Phi) is 4.49. The largest absolute Gasteiger partial charge is 0.454 e. The molecule has 6 heteroatoms. The van der Waals surface area contributed by atoms with Crippen LogP contribution in [0.5, 0.6) is 11.5 Å². The summed E-state index contributed by atoms with van der Waals surface area (Å²) in [6.45, 7) is 3.30. The van der Waals surface area contributed by atoms with Gasteiger partial charge >= 0.3 is 0 Å². The van der Waals surface area contributed by atoms with Crippen LogP contribution in [0.2, 0.25) is 0 Å². The highest BCUT2D eigenvalue weighted by Crippen LogP contribution is 2.38. The first-order chi connectivity index (χ1) is 13.8. The highest BCUT2D eigenvalue weighted by atomic mass is 16.5. The summed E-state index contributed by atoms with van der Waals surface area (Å²) in [5.74, 6) is 2.47. The number of fused-ring (bicyclic) bond motifs is 2. The lowest BCUT2D eigenvalue weighted by Gasteiger charge is -2.41. The van der Waals surface area contributed by atoms with E-state index in [2.05, 4.69) is 4.90 Å². The molecule has 3 aliphatic rings. The highest BCUT2D eigenvalue weighted by Gasteiger charge is 2.33. The van der Waals surface area contributed by atoms with Gasteiger partial charge in [0, 0.05) is 32.3 Å². The van der Waals surface area contributed by atoms with Crippen molar-refractivity contribution in [1.82, 2.24) is 9.80 Å². The Labute approximate surface area is 164 Å². The zero-order chi connectivity index (χ0) is 18.9. The van der Waals surface area contributed by atoms with E-state index in [-0.39, 0.29) is 5.91 Å². The smallest absolute Gasteiger partial charge is 0.242 e. The fraction of sp³-hybridized carbons (Fsp3) is 0.364. The van der Waals surface area contributed by atoms with Gasteiger partial charge in [0.2, 0.25) is 5.91 Å². The molecule has 5 rings (SSSR count). The Morgan fingerprint density at radius 1 is 0.929 bits per heavy atom. The molecular weight excluding hydrogens is 354 g/mol. The van der Waals surface area contributed by atoms with Crippen molar-refractivity contribution in [3.63, 3.8) is 0 Å². The first-order valence-electron chi connectivity index (χ1n) is 9.87. The molecule has 0 unspecified atom stereocenters. The van der Waals surface area contributed by atoms with Crippen molar-refractivity contribution in [2.75, 3.05) is 32.8 Å². The van der Waals surface area contributed by atoms with Crippen molar-refractivity contribution in [2.45, 2.75) is 18.9 Å². The summed E-state index contributed by atoms with van der Waals surface area (Å²) in [5.41, 5.74) is 1.71. The predicted molar refractivity (Wildman–Crippen MR) is 106 cm³/mol. The van der Waals surface area contributed by atoms with Crippen LogP contribution in [0.25, 0.3) is 0 Å². The maximum absolute atomic E-state index is 12.9. The summed E-state index contributed by atoms with van der Waals surface area (Å²) in [6.07, 6.45) is 1.85. The van der Waals surface area contributed by atoms with Crippen molar-refractivity contribution in [2.24, 2.45) is 4.99 Å². The van der Waals surface area contributed by atoms with Crippen LogP contribution in [-0.2, 0) is 9.53 Å². The number of rotatable bonds is 1. The number of hydrogen-bond acceptors (Lipinski definition) is 5. The molecule has 1 amide bonds. The molecule has 0 N–H and O–H groups in total. The normalized spacial score (nSPS) is 20.0. The Morgan fingerprint density at radius 3 is 2.50 bits per heavy atom. The van der Waals surface area contributed by atoms with Crippen LogP contribution in [0.1, 0.15) is 18.4 Å². The van der Waals surface area contributed by atoms with E-state index < -0.39 is 0 Å². The molecule has 0 saturated carbocycles. The summed E-state index contributed by atoms with van der Waals surface area (Å²) in [7, 11) is 0. The van der Waals surface area contributed by atoms with Gasteiger partial charge in [-0.05, 0) is 37.1 Å². The molecule has 0 radical (unpaired) electrons. The molecule has 0 aromatic heterocycles. The van der Waals surface area contributed by atoms with Crippen LogP contribution in [0.4, 0.5) is 5.69 Å². The van der Waals surface area contributed by atoms with Gasteiger partial charge in [-0.1, -0.05) is 24.3 Å².